The van der Waals surface area contributed by atoms with Gasteiger partial charge in [0.05, 0.1) is 15.3 Å². The van der Waals surface area contributed by atoms with E-state index in [0.29, 0.717) is 0 Å². The molecule has 0 aliphatic rings. The molecule has 0 amide bonds. The molecule has 0 spiro atoms. The highest BCUT2D eigenvalue weighted by Crippen LogP contribution is 2.28. The van der Waals surface area contributed by atoms with E-state index in [1.54, 1.807) is 0 Å². The summed E-state index contributed by atoms with van der Waals surface area (Å²) in [5, 5.41) is 2.02. The van der Waals surface area contributed by atoms with Gasteiger partial charge in [-0.05, 0) is 28.1 Å². The van der Waals surface area contributed by atoms with Gasteiger partial charge in [0.2, 0.25) is 0 Å². The summed E-state index contributed by atoms with van der Waals surface area (Å²) in [5.74, 6) is -1.40. The average Bonchev–Trinajstić information content (AvgIpc) is 2.00. The van der Waals surface area contributed by atoms with E-state index in [1.165, 1.54) is 0 Å². The minimum Gasteiger partial charge on any atom is -0.207 e. The van der Waals surface area contributed by atoms with Crippen LogP contribution in [0.5, 0.6) is 0 Å². The molecule has 0 saturated heterocycles. The molecule has 1 nitrogen and oxygen atoms in total. The number of hydrogen-bond donors (Lipinski definition) is 0. The zero-order valence-corrected chi connectivity index (χ0v) is 8.05. The SMILES string of the molecule is Fc1cc(F)c(Br)c(N=C=S)c1. The van der Waals surface area contributed by atoms with Gasteiger partial charge in [0.25, 0.3) is 0 Å². The monoisotopic (exact) mass is 249 g/mol. The van der Waals surface area contributed by atoms with Gasteiger partial charge in [-0.3, -0.25) is 0 Å². The number of benzene rings is 1. The second kappa shape index (κ2) is 3.85. The Kier molecular flexibility index (Phi) is 3.03. The summed E-state index contributed by atoms with van der Waals surface area (Å²) in [5.41, 5.74) is 0.0995. The highest BCUT2D eigenvalue weighted by molar-refractivity contribution is 9.10. The summed E-state index contributed by atoms with van der Waals surface area (Å²) in [6.45, 7) is 0. The highest BCUT2D eigenvalue weighted by Gasteiger charge is 2.06. The third kappa shape index (κ3) is 1.94. The molecule has 0 unspecified atom stereocenters. The Morgan fingerprint density at radius 1 is 1.42 bits per heavy atom. The molecule has 62 valence electrons. The smallest absolute Gasteiger partial charge is 0.142 e. The maximum absolute atomic E-state index is 12.8. The molecule has 1 aromatic rings. The van der Waals surface area contributed by atoms with Crippen molar-refractivity contribution >= 4 is 39.0 Å². The lowest BCUT2D eigenvalue weighted by Gasteiger charge is -1.97. The number of isothiocyanates is 1. The largest absolute Gasteiger partial charge is 0.207 e. The van der Waals surface area contributed by atoms with E-state index in [4.69, 9.17) is 0 Å². The first kappa shape index (κ1) is 9.45. The van der Waals surface area contributed by atoms with Gasteiger partial charge < -0.3 is 0 Å². The maximum atomic E-state index is 12.8. The Hall–Kier alpha value is -0.640. The van der Waals surface area contributed by atoms with E-state index in [9.17, 15) is 8.78 Å². The fourth-order valence-electron chi connectivity index (χ4n) is 0.673. The topological polar surface area (TPSA) is 12.4 Å². The quantitative estimate of drug-likeness (QED) is 0.422. The number of rotatable bonds is 1. The molecule has 5 heteroatoms. The van der Waals surface area contributed by atoms with Crippen molar-refractivity contribution in [1.29, 1.82) is 0 Å². The Morgan fingerprint density at radius 3 is 2.67 bits per heavy atom. The summed E-state index contributed by atoms with van der Waals surface area (Å²) < 4.78 is 25.4. The molecule has 0 fully saturated rings. The minimum atomic E-state index is -0.709. The van der Waals surface area contributed by atoms with Crippen LogP contribution in [0.15, 0.2) is 21.6 Å². The van der Waals surface area contributed by atoms with Crippen LogP contribution in [0.25, 0.3) is 0 Å². The van der Waals surface area contributed by atoms with Crippen molar-refractivity contribution < 1.29 is 8.78 Å². The molecule has 0 aliphatic carbocycles. The lowest BCUT2D eigenvalue weighted by Crippen LogP contribution is -1.81. The molecule has 0 saturated carbocycles. The molecular formula is C7H2BrF2NS. The Morgan fingerprint density at radius 2 is 2.08 bits per heavy atom. The van der Waals surface area contributed by atoms with Crippen molar-refractivity contribution in [2.24, 2.45) is 4.99 Å². The van der Waals surface area contributed by atoms with E-state index in [1.807, 2.05) is 5.16 Å². The summed E-state index contributed by atoms with van der Waals surface area (Å²) >= 11 is 7.19. The van der Waals surface area contributed by atoms with Gasteiger partial charge in [-0.25, -0.2) is 8.78 Å². The van der Waals surface area contributed by atoms with Crippen molar-refractivity contribution in [1.82, 2.24) is 0 Å². The Labute approximate surface area is 81.2 Å². The van der Waals surface area contributed by atoms with Crippen molar-refractivity contribution in [3.63, 3.8) is 0 Å². The van der Waals surface area contributed by atoms with Gasteiger partial charge in [0.1, 0.15) is 11.6 Å². The predicted molar refractivity (Wildman–Crippen MR) is 48.7 cm³/mol. The first-order valence-electron chi connectivity index (χ1n) is 2.87. The van der Waals surface area contributed by atoms with Gasteiger partial charge >= 0.3 is 0 Å². The number of thiocarbonyl (C=S) groups is 1. The molecule has 0 heterocycles. The van der Waals surface area contributed by atoms with Crippen molar-refractivity contribution in [2.75, 3.05) is 0 Å². The predicted octanol–water partition coefficient (Wildman–Crippen LogP) is 3.46. The van der Waals surface area contributed by atoms with Crippen molar-refractivity contribution in [2.45, 2.75) is 0 Å². The Balaban J connectivity index is 3.36. The van der Waals surface area contributed by atoms with Crippen LogP contribution in [0.4, 0.5) is 14.5 Å². The summed E-state index contributed by atoms with van der Waals surface area (Å²) in [7, 11) is 0. The van der Waals surface area contributed by atoms with Crippen molar-refractivity contribution in [3.05, 3.63) is 28.2 Å². The first-order chi connectivity index (χ1) is 5.65. The van der Waals surface area contributed by atoms with Crippen molar-refractivity contribution in [3.8, 4) is 0 Å². The molecule has 1 rings (SSSR count). The zero-order chi connectivity index (χ0) is 9.14. The molecule has 0 N–H and O–H groups in total. The van der Waals surface area contributed by atoms with Gasteiger partial charge in [0, 0.05) is 12.1 Å². The lowest BCUT2D eigenvalue weighted by atomic mass is 10.3. The molecule has 0 bridgehead atoms. The van der Waals surface area contributed by atoms with Crippen LogP contribution in [-0.4, -0.2) is 5.16 Å². The lowest BCUT2D eigenvalue weighted by molar-refractivity contribution is 0.580. The number of halogens is 3. The van der Waals surface area contributed by atoms with Crippen LogP contribution in [0, 0.1) is 11.6 Å². The molecular weight excluding hydrogens is 248 g/mol. The van der Waals surface area contributed by atoms with Crippen LogP contribution >= 0.6 is 28.1 Å². The number of nitrogens with zero attached hydrogens (tertiary/aromatic N) is 1. The van der Waals surface area contributed by atoms with E-state index in [2.05, 4.69) is 33.1 Å². The van der Waals surface area contributed by atoms with E-state index in [-0.39, 0.29) is 10.2 Å². The fourth-order valence-corrected chi connectivity index (χ4v) is 1.09. The third-order valence-corrected chi connectivity index (χ3v) is 2.02. The standard InChI is InChI=1S/C7H2BrF2NS/c8-7-5(10)1-4(9)2-6(7)11-3-12/h1-2H. The normalized spacial score (nSPS) is 9.25. The zero-order valence-electron chi connectivity index (χ0n) is 5.64. The maximum Gasteiger partial charge on any atom is 0.142 e. The minimum absolute atomic E-state index is 0.0845. The van der Waals surface area contributed by atoms with Crippen LogP contribution in [-0.2, 0) is 0 Å². The summed E-state index contributed by atoms with van der Waals surface area (Å²) in [6.07, 6.45) is 0. The number of hydrogen-bond acceptors (Lipinski definition) is 2. The van der Waals surface area contributed by atoms with Crippen LogP contribution in [0.1, 0.15) is 0 Å². The highest BCUT2D eigenvalue weighted by atomic mass is 79.9. The van der Waals surface area contributed by atoms with Gasteiger partial charge in [-0.2, -0.15) is 4.99 Å². The first-order valence-corrected chi connectivity index (χ1v) is 4.07. The van der Waals surface area contributed by atoms with Crippen LogP contribution < -0.4 is 0 Å². The van der Waals surface area contributed by atoms with Gasteiger partial charge in [0.15, 0.2) is 0 Å². The number of aliphatic imine (C=N–C) groups is 1. The van der Waals surface area contributed by atoms with E-state index in [0.717, 1.165) is 12.1 Å². The second-order valence-corrected chi connectivity index (χ2v) is 2.90. The molecule has 12 heavy (non-hydrogen) atoms. The van der Waals surface area contributed by atoms with Crippen LogP contribution in [0.3, 0.4) is 0 Å². The Bertz CT molecular complexity index is 361. The summed E-state index contributed by atoms with van der Waals surface area (Å²) in [4.78, 5) is 3.47. The molecule has 1 aromatic carbocycles. The van der Waals surface area contributed by atoms with Crippen LogP contribution in [0.2, 0.25) is 0 Å². The second-order valence-electron chi connectivity index (χ2n) is 1.92. The van der Waals surface area contributed by atoms with Gasteiger partial charge in [-0.1, -0.05) is 0 Å². The molecule has 0 aliphatic heterocycles. The average molecular weight is 250 g/mol. The molecule has 0 radical (unpaired) electrons. The summed E-state index contributed by atoms with van der Waals surface area (Å²) in [6, 6.07) is 1.82. The molecule has 0 atom stereocenters. The van der Waals surface area contributed by atoms with Gasteiger partial charge in [-0.15, -0.1) is 0 Å². The fraction of sp³-hybridized carbons (Fsp3) is 0. The van der Waals surface area contributed by atoms with E-state index < -0.39 is 11.6 Å². The third-order valence-electron chi connectivity index (χ3n) is 1.14. The molecule has 0 aromatic heterocycles. The van der Waals surface area contributed by atoms with E-state index >= 15 is 0 Å².